The largest absolute Gasteiger partial charge is 0.366 e. The summed E-state index contributed by atoms with van der Waals surface area (Å²) in [7, 11) is 0. The minimum Gasteiger partial charge on any atom is -0.366 e. The second kappa shape index (κ2) is 6.95. The molecule has 1 aliphatic rings. The van der Waals surface area contributed by atoms with E-state index in [4.69, 9.17) is 0 Å². The third kappa shape index (κ3) is 3.98. The molecule has 0 aliphatic carbocycles. The molecule has 0 amide bonds. The second-order valence-corrected chi connectivity index (χ2v) is 5.84. The number of rotatable bonds is 4. The van der Waals surface area contributed by atoms with E-state index in [0.717, 1.165) is 43.3 Å². The molecule has 1 fully saturated rings. The van der Waals surface area contributed by atoms with E-state index in [1.165, 1.54) is 6.33 Å². The molecule has 1 saturated heterocycles. The molecular weight excluding hydrogens is 300 g/mol. The molecule has 7 heteroatoms. The van der Waals surface area contributed by atoms with E-state index in [1.807, 2.05) is 13.0 Å². The molecule has 1 unspecified atom stereocenters. The summed E-state index contributed by atoms with van der Waals surface area (Å²) in [5.74, 6) is -0.399. The van der Waals surface area contributed by atoms with Gasteiger partial charge in [0.05, 0.1) is 12.4 Å². The maximum atomic E-state index is 13.7. The Hall–Kier alpha value is -2.15. The number of piperidine rings is 1. The van der Waals surface area contributed by atoms with Crippen LogP contribution in [0.5, 0.6) is 0 Å². The topological polar surface area (TPSA) is 53.9 Å². The minimum atomic E-state index is -0.591. The van der Waals surface area contributed by atoms with E-state index in [-0.39, 0.29) is 18.2 Å². The number of anilines is 1. The molecule has 5 nitrogen and oxygen atoms in total. The summed E-state index contributed by atoms with van der Waals surface area (Å²) < 4.78 is 27.5. The zero-order chi connectivity index (χ0) is 16.2. The minimum absolute atomic E-state index is 0.0820. The molecule has 1 atom stereocenters. The third-order valence-corrected chi connectivity index (χ3v) is 4.00. The zero-order valence-corrected chi connectivity index (χ0v) is 13.0. The van der Waals surface area contributed by atoms with Crippen molar-refractivity contribution in [1.82, 2.24) is 19.9 Å². The highest BCUT2D eigenvalue weighted by atomic mass is 19.1. The molecule has 23 heavy (non-hydrogen) atoms. The van der Waals surface area contributed by atoms with E-state index in [1.54, 1.807) is 0 Å². The van der Waals surface area contributed by atoms with Crippen molar-refractivity contribution < 1.29 is 8.78 Å². The first-order valence-corrected chi connectivity index (χ1v) is 7.67. The van der Waals surface area contributed by atoms with Crippen LogP contribution in [0, 0.1) is 18.6 Å². The monoisotopic (exact) mass is 319 g/mol. The van der Waals surface area contributed by atoms with Crippen LogP contribution in [0.15, 0.2) is 24.8 Å². The average molecular weight is 319 g/mol. The lowest BCUT2D eigenvalue weighted by Gasteiger charge is -2.33. The van der Waals surface area contributed by atoms with Crippen molar-refractivity contribution in [1.29, 1.82) is 0 Å². The van der Waals surface area contributed by atoms with Crippen LogP contribution in [0.25, 0.3) is 0 Å². The van der Waals surface area contributed by atoms with Gasteiger partial charge in [0, 0.05) is 36.5 Å². The Labute approximate surface area is 133 Å². The van der Waals surface area contributed by atoms with Crippen LogP contribution < -0.4 is 5.32 Å². The maximum Gasteiger partial charge on any atom is 0.148 e. The Morgan fingerprint density at radius 3 is 2.78 bits per heavy atom. The normalized spacial score (nSPS) is 18.8. The summed E-state index contributed by atoms with van der Waals surface area (Å²) >= 11 is 0. The smallest absolute Gasteiger partial charge is 0.148 e. The molecule has 0 saturated carbocycles. The van der Waals surface area contributed by atoms with Crippen molar-refractivity contribution in [3.63, 3.8) is 0 Å². The van der Waals surface area contributed by atoms with Gasteiger partial charge in [-0.15, -0.1) is 0 Å². The van der Waals surface area contributed by atoms with Gasteiger partial charge < -0.3 is 5.32 Å². The predicted molar refractivity (Wildman–Crippen MR) is 82.8 cm³/mol. The maximum absolute atomic E-state index is 13.7. The molecule has 1 N–H and O–H groups in total. The van der Waals surface area contributed by atoms with Gasteiger partial charge >= 0.3 is 0 Å². The molecule has 1 aliphatic heterocycles. The summed E-state index contributed by atoms with van der Waals surface area (Å²) in [4.78, 5) is 13.8. The number of hydrogen-bond donors (Lipinski definition) is 1. The Bertz CT molecular complexity index is 659. The van der Waals surface area contributed by atoms with Crippen LogP contribution in [-0.4, -0.2) is 39.0 Å². The Kier molecular flexibility index (Phi) is 4.76. The summed E-state index contributed by atoms with van der Waals surface area (Å²) in [6, 6.07) is 2.09. The van der Waals surface area contributed by atoms with Crippen LogP contribution in [0.2, 0.25) is 0 Å². The van der Waals surface area contributed by atoms with Crippen molar-refractivity contribution in [2.75, 3.05) is 18.4 Å². The standard InChI is InChI=1S/C16H19F2N5/c1-11-5-16(21-10-20-11)22-12-3-2-4-23(8-12)9-13-14(17)6-19-7-15(13)18/h5-7,10,12H,2-4,8-9H2,1H3,(H,20,21,22). The van der Waals surface area contributed by atoms with E-state index < -0.39 is 11.6 Å². The van der Waals surface area contributed by atoms with Crippen LogP contribution in [0.3, 0.4) is 0 Å². The Balaban J connectivity index is 1.64. The van der Waals surface area contributed by atoms with Gasteiger partial charge in [0.15, 0.2) is 0 Å². The number of hydrogen-bond acceptors (Lipinski definition) is 5. The number of halogens is 2. The first-order chi connectivity index (χ1) is 11.1. The summed E-state index contributed by atoms with van der Waals surface area (Å²) in [5, 5.41) is 3.37. The lowest BCUT2D eigenvalue weighted by atomic mass is 10.0. The number of likely N-dealkylation sites (tertiary alicyclic amines) is 1. The number of pyridine rings is 1. The van der Waals surface area contributed by atoms with E-state index in [2.05, 4.69) is 25.2 Å². The Morgan fingerprint density at radius 1 is 1.26 bits per heavy atom. The molecule has 2 aromatic rings. The second-order valence-electron chi connectivity index (χ2n) is 5.84. The van der Waals surface area contributed by atoms with E-state index in [9.17, 15) is 8.78 Å². The van der Waals surface area contributed by atoms with Gasteiger partial charge in [0.25, 0.3) is 0 Å². The van der Waals surface area contributed by atoms with Crippen LogP contribution in [-0.2, 0) is 6.54 Å². The van der Waals surface area contributed by atoms with Crippen LogP contribution >= 0.6 is 0 Å². The fraction of sp³-hybridized carbons (Fsp3) is 0.438. The van der Waals surface area contributed by atoms with Crippen molar-refractivity contribution >= 4 is 5.82 Å². The lowest BCUT2D eigenvalue weighted by Crippen LogP contribution is -2.42. The van der Waals surface area contributed by atoms with E-state index >= 15 is 0 Å². The summed E-state index contributed by atoms with van der Waals surface area (Å²) in [5.41, 5.74) is 0.981. The quantitative estimate of drug-likeness (QED) is 0.938. The predicted octanol–water partition coefficient (Wildman–Crippen LogP) is 2.53. The van der Waals surface area contributed by atoms with Crippen molar-refractivity contribution in [3.8, 4) is 0 Å². The highest BCUT2D eigenvalue weighted by Gasteiger charge is 2.22. The first-order valence-electron chi connectivity index (χ1n) is 7.67. The molecule has 122 valence electrons. The number of aryl methyl sites for hydroxylation is 1. The van der Waals surface area contributed by atoms with Crippen LogP contribution in [0.1, 0.15) is 24.1 Å². The van der Waals surface area contributed by atoms with Gasteiger partial charge in [-0.3, -0.25) is 9.88 Å². The zero-order valence-electron chi connectivity index (χ0n) is 13.0. The summed E-state index contributed by atoms with van der Waals surface area (Å²) in [6.45, 7) is 3.70. The van der Waals surface area contributed by atoms with Crippen molar-refractivity contribution in [2.45, 2.75) is 32.4 Å². The van der Waals surface area contributed by atoms with Gasteiger partial charge in [-0.25, -0.2) is 18.7 Å². The number of nitrogens with zero attached hydrogens (tertiary/aromatic N) is 4. The van der Waals surface area contributed by atoms with Crippen LogP contribution in [0.4, 0.5) is 14.6 Å². The van der Waals surface area contributed by atoms with Crippen molar-refractivity contribution in [3.05, 3.63) is 47.7 Å². The average Bonchev–Trinajstić information content (AvgIpc) is 2.52. The summed E-state index contributed by atoms with van der Waals surface area (Å²) in [6.07, 6.45) is 5.61. The van der Waals surface area contributed by atoms with Crippen molar-refractivity contribution in [2.24, 2.45) is 0 Å². The highest BCUT2D eigenvalue weighted by molar-refractivity contribution is 5.35. The van der Waals surface area contributed by atoms with Gasteiger partial charge in [-0.2, -0.15) is 0 Å². The highest BCUT2D eigenvalue weighted by Crippen LogP contribution is 2.19. The van der Waals surface area contributed by atoms with Gasteiger partial charge in [-0.1, -0.05) is 0 Å². The Morgan fingerprint density at radius 2 is 2.04 bits per heavy atom. The van der Waals surface area contributed by atoms with Gasteiger partial charge in [0.2, 0.25) is 0 Å². The number of nitrogens with one attached hydrogen (secondary N) is 1. The SMILES string of the molecule is Cc1cc(NC2CCCN(Cc3c(F)cncc3F)C2)ncn1. The molecular formula is C16H19F2N5. The molecule has 0 aromatic carbocycles. The molecule has 0 spiro atoms. The molecule has 2 aromatic heterocycles. The molecule has 3 rings (SSSR count). The lowest BCUT2D eigenvalue weighted by molar-refractivity contribution is 0.203. The van der Waals surface area contributed by atoms with E-state index in [0.29, 0.717) is 6.54 Å². The third-order valence-electron chi connectivity index (χ3n) is 4.00. The fourth-order valence-corrected chi connectivity index (χ4v) is 2.87. The molecule has 0 bridgehead atoms. The number of aromatic nitrogens is 3. The first kappa shape index (κ1) is 15.7. The van der Waals surface area contributed by atoms with Gasteiger partial charge in [0.1, 0.15) is 23.8 Å². The fourth-order valence-electron chi connectivity index (χ4n) is 2.87. The molecule has 0 radical (unpaired) electrons. The molecule has 3 heterocycles. The van der Waals surface area contributed by atoms with Gasteiger partial charge in [-0.05, 0) is 26.3 Å².